The molecule has 3 unspecified atom stereocenters. The zero-order chi connectivity index (χ0) is 13.8. The van der Waals surface area contributed by atoms with Gasteiger partial charge in [-0.15, -0.1) is 0 Å². The molecule has 1 saturated heterocycles. The molecule has 6 heteroatoms. The molecule has 0 aromatic rings. The molecule has 1 heterocycles. The van der Waals surface area contributed by atoms with Crippen LogP contribution in [0.4, 0.5) is 0 Å². The SMILES string of the molecule is CC(OCC1CCCO1)C(=O)NC(C(=O)O)C1CC1. The highest BCUT2D eigenvalue weighted by molar-refractivity contribution is 5.86. The van der Waals surface area contributed by atoms with Crippen LogP contribution in [-0.2, 0) is 19.1 Å². The smallest absolute Gasteiger partial charge is 0.326 e. The lowest BCUT2D eigenvalue weighted by Gasteiger charge is -2.19. The van der Waals surface area contributed by atoms with E-state index in [1.807, 2.05) is 0 Å². The molecule has 2 rings (SSSR count). The van der Waals surface area contributed by atoms with E-state index in [0.29, 0.717) is 6.61 Å². The number of nitrogens with one attached hydrogen (secondary N) is 1. The number of ether oxygens (including phenoxy) is 2. The molecule has 1 saturated carbocycles. The molecule has 0 spiro atoms. The zero-order valence-corrected chi connectivity index (χ0v) is 11.1. The van der Waals surface area contributed by atoms with Gasteiger partial charge in [0, 0.05) is 6.61 Å². The number of hydrogen-bond acceptors (Lipinski definition) is 4. The maximum atomic E-state index is 11.9. The van der Waals surface area contributed by atoms with Crippen molar-refractivity contribution in [2.24, 2.45) is 5.92 Å². The van der Waals surface area contributed by atoms with Gasteiger partial charge in [0.2, 0.25) is 5.91 Å². The molecule has 0 aromatic heterocycles. The van der Waals surface area contributed by atoms with Gasteiger partial charge in [0.1, 0.15) is 12.1 Å². The molecule has 1 aliphatic heterocycles. The van der Waals surface area contributed by atoms with E-state index in [1.54, 1.807) is 6.92 Å². The Hall–Kier alpha value is -1.14. The van der Waals surface area contributed by atoms with E-state index in [9.17, 15) is 9.59 Å². The van der Waals surface area contributed by atoms with Crippen molar-refractivity contribution in [1.82, 2.24) is 5.32 Å². The van der Waals surface area contributed by atoms with Gasteiger partial charge in [0.25, 0.3) is 0 Å². The van der Waals surface area contributed by atoms with Crippen LogP contribution >= 0.6 is 0 Å². The molecular weight excluding hydrogens is 250 g/mol. The highest BCUT2D eigenvalue weighted by Gasteiger charge is 2.38. The van der Waals surface area contributed by atoms with Gasteiger partial charge in [-0.25, -0.2) is 4.79 Å². The van der Waals surface area contributed by atoms with Crippen molar-refractivity contribution in [2.75, 3.05) is 13.2 Å². The lowest BCUT2D eigenvalue weighted by molar-refractivity contribution is -0.145. The third kappa shape index (κ3) is 4.18. The summed E-state index contributed by atoms with van der Waals surface area (Å²) in [7, 11) is 0. The molecule has 19 heavy (non-hydrogen) atoms. The third-order valence-electron chi connectivity index (χ3n) is 3.58. The van der Waals surface area contributed by atoms with Gasteiger partial charge in [-0.3, -0.25) is 4.79 Å². The molecule has 108 valence electrons. The van der Waals surface area contributed by atoms with Crippen LogP contribution in [0.3, 0.4) is 0 Å². The van der Waals surface area contributed by atoms with Crippen molar-refractivity contribution in [2.45, 2.75) is 50.9 Å². The highest BCUT2D eigenvalue weighted by Crippen LogP contribution is 2.32. The molecule has 2 N–H and O–H groups in total. The number of hydrogen-bond donors (Lipinski definition) is 2. The van der Waals surface area contributed by atoms with Gasteiger partial charge in [-0.1, -0.05) is 0 Å². The lowest BCUT2D eigenvalue weighted by atomic mass is 10.2. The van der Waals surface area contributed by atoms with Crippen LogP contribution in [0.15, 0.2) is 0 Å². The summed E-state index contributed by atoms with van der Waals surface area (Å²) in [6, 6.07) is -0.777. The summed E-state index contributed by atoms with van der Waals surface area (Å²) in [4.78, 5) is 22.9. The number of carbonyl (C=O) groups excluding carboxylic acids is 1. The average molecular weight is 271 g/mol. The summed E-state index contributed by atoms with van der Waals surface area (Å²) in [6.07, 6.45) is 3.12. The first-order chi connectivity index (χ1) is 9.08. The minimum absolute atomic E-state index is 0.0638. The Labute approximate surface area is 112 Å². The first-order valence-electron chi connectivity index (χ1n) is 6.84. The van der Waals surface area contributed by atoms with Crippen LogP contribution in [0.2, 0.25) is 0 Å². The van der Waals surface area contributed by atoms with Crippen molar-refractivity contribution in [3.05, 3.63) is 0 Å². The van der Waals surface area contributed by atoms with E-state index in [4.69, 9.17) is 14.6 Å². The molecule has 2 aliphatic rings. The Bertz CT molecular complexity index is 336. The van der Waals surface area contributed by atoms with E-state index in [1.165, 1.54) is 0 Å². The van der Waals surface area contributed by atoms with Crippen LogP contribution < -0.4 is 5.32 Å². The van der Waals surface area contributed by atoms with Crippen LogP contribution in [0.25, 0.3) is 0 Å². The second-order valence-electron chi connectivity index (χ2n) is 5.27. The fraction of sp³-hybridized carbons (Fsp3) is 0.846. The summed E-state index contributed by atoms with van der Waals surface area (Å²) >= 11 is 0. The maximum Gasteiger partial charge on any atom is 0.326 e. The van der Waals surface area contributed by atoms with E-state index in [2.05, 4.69) is 5.32 Å². The first-order valence-corrected chi connectivity index (χ1v) is 6.84. The minimum atomic E-state index is -0.970. The van der Waals surface area contributed by atoms with Crippen LogP contribution in [0, 0.1) is 5.92 Å². The monoisotopic (exact) mass is 271 g/mol. The van der Waals surface area contributed by atoms with Gasteiger partial charge >= 0.3 is 5.97 Å². The maximum absolute atomic E-state index is 11.9. The second-order valence-corrected chi connectivity index (χ2v) is 5.27. The van der Waals surface area contributed by atoms with Crippen molar-refractivity contribution in [1.29, 1.82) is 0 Å². The standard InChI is InChI=1S/C13H21NO5/c1-8(19-7-10-3-2-6-18-10)12(15)14-11(13(16)17)9-4-5-9/h8-11H,2-7H2,1H3,(H,14,15)(H,16,17). The average Bonchev–Trinajstić information content (AvgIpc) is 3.08. The Morgan fingerprint density at radius 1 is 1.42 bits per heavy atom. The Kier molecular flexibility index (Phi) is 4.76. The first kappa shape index (κ1) is 14.3. The van der Waals surface area contributed by atoms with Crippen molar-refractivity contribution in [3.8, 4) is 0 Å². The summed E-state index contributed by atoms with van der Waals surface area (Å²) in [6.45, 7) is 2.77. The summed E-state index contributed by atoms with van der Waals surface area (Å²) in [5.41, 5.74) is 0. The van der Waals surface area contributed by atoms with E-state index in [0.717, 1.165) is 32.3 Å². The van der Waals surface area contributed by atoms with Crippen molar-refractivity contribution in [3.63, 3.8) is 0 Å². The Morgan fingerprint density at radius 3 is 2.68 bits per heavy atom. The molecular formula is C13H21NO5. The number of carboxylic acid groups (broad SMARTS) is 1. The van der Waals surface area contributed by atoms with Crippen molar-refractivity contribution < 1.29 is 24.2 Å². The lowest BCUT2D eigenvalue weighted by Crippen LogP contribution is -2.47. The number of carboxylic acids is 1. The number of carbonyl (C=O) groups is 2. The predicted molar refractivity (Wildman–Crippen MR) is 66.7 cm³/mol. The summed E-state index contributed by atoms with van der Waals surface area (Å²) in [5.74, 6) is -1.26. The molecule has 2 fully saturated rings. The topological polar surface area (TPSA) is 84.9 Å². The number of amides is 1. The van der Waals surface area contributed by atoms with Gasteiger partial charge in [-0.05, 0) is 38.5 Å². The predicted octanol–water partition coefficient (Wildman–Crippen LogP) is 0.550. The van der Waals surface area contributed by atoms with Crippen molar-refractivity contribution >= 4 is 11.9 Å². The summed E-state index contributed by atoms with van der Waals surface area (Å²) in [5, 5.41) is 11.6. The zero-order valence-electron chi connectivity index (χ0n) is 11.1. The van der Waals surface area contributed by atoms with Crippen LogP contribution in [0.5, 0.6) is 0 Å². The summed E-state index contributed by atoms with van der Waals surface area (Å²) < 4.78 is 10.8. The molecule has 6 nitrogen and oxygen atoms in total. The fourth-order valence-corrected chi connectivity index (χ4v) is 2.18. The van der Waals surface area contributed by atoms with Gasteiger partial charge in [0.15, 0.2) is 0 Å². The molecule has 0 radical (unpaired) electrons. The normalized spacial score (nSPS) is 25.8. The third-order valence-corrected chi connectivity index (χ3v) is 3.58. The number of aliphatic carboxylic acids is 1. The van der Waals surface area contributed by atoms with Gasteiger partial charge in [-0.2, -0.15) is 0 Å². The fourth-order valence-electron chi connectivity index (χ4n) is 2.18. The van der Waals surface area contributed by atoms with Crippen LogP contribution in [0.1, 0.15) is 32.6 Å². The van der Waals surface area contributed by atoms with Gasteiger partial charge < -0.3 is 19.9 Å². The largest absolute Gasteiger partial charge is 0.480 e. The van der Waals surface area contributed by atoms with Crippen LogP contribution in [-0.4, -0.2) is 48.4 Å². The number of rotatable bonds is 7. The molecule has 1 amide bonds. The van der Waals surface area contributed by atoms with E-state index >= 15 is 0 Å². The molecule has 3 atom stereocenters. The van der Waals surface area contributed by atoms with E-state index in [-0.39, 0.29) is 17.9 Å². The Morgan fingerprint density at radius 2 is 2.16 bits per heavy atom. The minimum Gasteiger partial charge on any atom is -0.480 e. The molecule has 0 bridgehead atoms. The second kappa shape index (κ2) is 6.34. The Balaban J connectivity index is 1.72. The van der Waals surface area contributed by atoms with Gasteiger partial charge in [0.05, 0.1) is 12.7 Å². The molecule has 1 aliphatic carbocycles. The highest BCUT2D eigenvalue weighted by atomic mass is 16.5. The molecule has 0 aromatic carbocycles. The van der Waals surface area contributed by atoms with E-state index < -0.39 is 18.1 Å². The quantitative estimate of drug-likeness (QED) is 0.706.